The summed E-state index contributed by atoms with van der Waals surface area (Å²) in [6, 6.07) is 9.26. The summed E-state index contributed by atoms with van der Waals surface area (Å²) >= 11 is 0. The Balaban J connectivity index is 2.17. The Morgan fingerprint density at radius 2 is 1.71 bits per heavy atom. The van der Waals surface area contributed by atoms with E-state index in [1.807, 2.05) is 14.1 Å². The number of benzene rings is 2. The van der Waals surface area contributed by atoms with Crippen molar-refractivity contribution in [3.63, 3.8) is 0 Å². The molecule has 0 fully saturated rings. The van der Waals surface area contributed by atoms with Crippen molar-refractivity contribution in [1.82, 2.24) is 0 Å². The van der Waals surface area contributed by atoms with Crippen molar-refractivity contribution in [2.45, 2.75) is 0 Å². The number of ketones is 1. The summed E-state index contributed by atoms with van der Waals surface area (Å²) in [6.07, 6.45) is 0. The van der Waals surface area contributed by atoms with Crippen molar-refractivity contribution in [2.24, 2.45) is 0 Å². The van der Waals surface area contributed by atoms with Gasteiger partial charge >= 0.3 is 0 Å². The summed E-state index contributed by atoms with van der Waals surface area (Å²) in [4.78, 5) is 14.2. The Bertz CT molecular complexity index is 1000. The van der Waals surface area contributed by atoms with Crippen LogP contribution in [0, 0.1) is 0 Å². The largest absolute Gasteiger partial charge is 0.871 e. The molecule has 0 saturated heterocycles. The summed E-state index contributed by atoms with van der Waals surface area (Å²) < 4.78 is 0. The molecule has 0 unspecified atom stereocenters. The van der Waals surface area contributed by atoms with Crippen molar-refractivity contribution >= 4 is 29.2 Å². The van der Waals surface area contributed by atoms with E-state index in [9.17, 15) is 20.1 Å². The van der Waals surface area contributed by atoms with Crippen LogP contribution in [0.4, 0.5) is 5.69 Å². The third kappa shape index (κ3) is 2.31. The first-order valence-corrected chi connectivity index (χ1v) is 7.30. The third-order valence-corrected chi connectivity index (χ3v) is 4.01. The zero-order valence-corrected chi connectivity index (χ0v) is 13.3. The van der Waals surface area contributed by atoms with Crippen LogP contribution in [0.3, 0.4) is 0 Å². The number of hydrogen-bond donors (Lipinski definition) is 2. The zero-order valence-electron chi connectivity index (χ0n) is 13.3. The van der Waals surface area contributed by atoms with E-state index in [1.54, 1.807) is 23.1 Å². The van der Waals surface area contributed by atoms with Gasteiger partial charge in [0.05, 0.1) is 0 Å². The van der Waals surface area contributed by atoms with Gasteiger partial charge in [-0.3, -0.25) is 4.79 Å². The summed E-state index contributed by atoms with van der Waals surface area (Å²) in [7, 11) is 3.64. The predicted octanol–water partition coefficient (Wildman–Crippen LogP) is 0.0791. The van der Waals surface area contributed by atoms with Gasteiger partial charge in [0.25, 0.3) is 0 Å². The van der Waals surface area contributed by atoms with Gasteiger partial charge < -0.3 is 20.2 Å². The Hall–Kier alpha value is -3.21. The average molecular weight is 322 g/mol. The summed E-state index contributed by atoms with van der Waals surface area (Å²) in [5, 5.41) is 33.3. The van der Waals surface area contributed by atoms with E-state index < -0.39 is 11.5 Å². The zero-order chi connectivity index (χ0) is 17.6. The first kappa shape index (κ1) is 15.7. The van der Waals surface area contributed by atoms with E-state index in [2.05, 4.69) is 6.58 Å². The standard InChI is InChI=1S/C19H17NO4/c1-10-4-6-12(14(21)8-10)16-18(23)17(19(16)24)13-7-5-11(20(2)3)9-15(13)22/h4-9,21-23H,1H2,2-3H3/p-1/b16-12+. The molecule has 5 heteroatoms. The van der Waals surface area contributed by atoms with Crippen LogP contribution < -0.4 is 20.4 Å². The molecule has 2 N–H and O–H groups in total. The first-order chi connectivity index (χ1) is 11.3. The number of nitrogens with zero attached hydrogens (tertiary/aromatic N) is 1. The fourth-order valence-corrected chi connectivity index (χ4v) is 2.68. The second kappa shape index (κ2) is 5.45. The lowest BCUT2D eigenvalue weighted by Crippen LogP contribution is -2.33. The normalized spacial score (nSPS) is 16.2. The molecule has 0 radical (unpaired) electrons. The maximum absolute atomic E-state index is 12.4. The van der Waals surface area contributed by atoms with Gasteiger partial charge in [0.1, 0.15) is 11.5 Å². The number of rotatable bonds is 2. The summed E-state index contributed by atoms with van der Waals surface area (Å²) in [5.74, 6) is -1.26. The molecular formula is C19H16NO4-. The SMILES string of the molecule is C=c1cc/c(=C2\C(=O)C(c3ccc(N(C)C)cc3O)=C2[O-])c(O)c1. The molecule has 122 valence electrons. The minimum atomic E-state index is -0.486. The van der Waals surface area contributed by atoms with Crippen LogP contribution in [0.2, 0.25) is 0 Å². The minimum Gasteiger partial charge on any atom is -0.871 e. The predicted molar refractivity (Wildman–Crippen MR) is 90.6 cm³/mol. The molecule has 2 aromatic carbocycles. The second-order valence-corrected chi connectivity index (χ2v) is 5.86. The maximum atomic E-state index is 12.4. The number of carbonyl (C=O) groups excluding carboxylic acids is 1. The maximum Gasteiger partial charge on any atom is 0.193 e. The van der Waals surface area contributed by atoms with Crippen molar-refractivity contribution in [3.8, 4) is 11.5 Å². The van der Waals surface area contributed by atoms with Crippen molar-refractivity contribution < 1.29 is 20.1 Å². The summed E-state index contributed by atoms with van der Waals surface area (Å²) in [5.41, 5.74) is 0.820. The first-order valence-electron chi connectivity index (χ1n) is 7.30. The third-order valence-electron chi connectivity index (χ3n) is 4.01. The van der Waals surface area contributed by atoms with Gasteiger partial charge in [-0.15, -0.1) is 0 Å². The van der Waals surface area contributed by atoms with Crippen LogP contribution in [-0.2, 0) is 4.79 Å². The molecular weight excluding hydrogens is 306 g/mol. The fraction of sp³-hybridized carbons (Fsp3) is 0.105. The highest BCUT2D eigenvalue weighted by Crippen LogP contribution is 2.39. The fourth-order valence-electron chi connectivity index (χ4n) is 2.68. The molecule has 0 atom stereocenters. The molecule has 0 spiro atoms. The van der Waals surface area contributed by atoms with Crippen molar-refractivity contribution in [2.75, 3.05) is 19.0 Å². The molecule has 1 aliphatic rings. The number of carbonyl (C=O) groups is 1. The number of Topliss-reactive ketones (excluding diaryl/α,β-unsaturated/α-hetero) is 1. The number of phenolic OH excluding ortho intramolecular Hbond substituents is 2. The quantitative estimate of drug-likeness (QED) is 0.818. The molecule has 24 heavy (non-hydrogen) atoms. The van der Waals surface area contributed by atoms with E-state index in [1.165, 1.54) is 18.2 Å². The van der Waals surface area contributed by atoms with E-state index in [-0.39, 0.29) is 33.4 Å². The molecule has 0 bridgehead atoms. The van der Waals surface area contributed by atoms with Gasteiger partial charge in [0.2, 0.25) is 0 Å². The molecule has 2 aromatic rings. The molecule has 3 rings (SSSR count). The van der Waals surface area contributed by atoms with E-state index in [4.69, 9.17) is 0 Å². The lowest BCUT2D eigenvalue weighted by Gasteiger charge is -2.31. The van der Waals surface area contributed by atoms with Crippen LogP contribution in [0.1, 0.15) is 5.56 Å². The Kier molecular flexibility index (Phi) is 3.56. The van der Waals surface area contributed by atoms with Gasteiger partial charge in [-0.25, -0.2) is 0 Å². The number of allylic oxidation sites excluding steroid dienone is 2. The highest BCUT2D eigenvalue weighted by Gasteiger charge is 2.31. The van der Waals surface area contributed by atoms with Crippen molar-refractivity contribution in [3.05, 3.63) is 58.2 Å². The van der Waals surface area contributed by atoms with Crippen LogP contribution in [-0.4, -0.2) is 30.1 Å². The lowest BCUT2D eigenvalue weighted by molar-refractivity contribution is -0.293. The van der Waals surface area contributed by atoms with Gasteiger partial charge in [-0.05, 0) is 29.5 Å². The van der Waals surface area contributed by atoms with E-state index in [0.717, 1.165) is 5.69 Å². The average Bonchev–Trinajstić information content (AvgIpc) is 2.51. The van der Waals surface area contributed by atoms with E-state index >= 15 is 0 Å². The number of hydrogen-bond acceptors (Lipinski definition) is 5. The summed E-state index contributed by atoms with van der Waals surface area (Å²) in [6.45, 7) is 3.68. The Labute approximate surface area is 138 Å². The molecule has 0 heterocycles. The molecule has 0 aromatic heterocycles. The van der Waals surface area contributed by atoms with E-state index in [0.29, 0.717) is 5.22 Å². The van der Waals surface area contributed by atoms with Crippen molar-refractivity contribution in [1.29, 1.82) is 0 Å². The molecule has 0 aliphatic heterocycles. The van der Waals surface area contributed by atoms with Crippen LogP contribution in [0.25, 0.3) is 17.7 Å². The lowest BCUT2D eigenvalue weighted by atomic mass is 9.81. The van der Waals surface area contributed by atoms with Crippen LogP contribution in [0.15, 0.2) is 42.2 Å². The number of aromatic hydroxyl groups is 2. The Morgan fingerprint density at radius 1 is 1.00 bits per heavy atom. The van der Waals surface area contributed by atoms with Gasteiger partial charge in [0.15, 0.2) is 5.78 Å². The topological polar surface area (TPSA) is 83.8 Å². The highest BCUT2D eigenvalue weighted by molar-refractivity contribution is 6.51. The van der Waals surface area contributed by atoms with Gasteiger partial charge in [-0.2, -0.15) is 0 Å². The Morgan fingerprint density at radius 3 is 2.25 bits per heavy atom. The molecule has 1 aliphatic carbocycles. The minimum absolute atomic E-state index is 0.0640. The van der Waals surface area contributed by atoms with Gasteiger partial charge in [0, 0.05) is 47.8 Å². The molecule has 0 amide bonds. The van der Waals surface area contributed by atoms with Gasteiger partial charge in [-0.1, -0.05) is 18.4 Å². The number of anilines is 1. The smallest absolute Gasteiger partial charge is 0.193 e. The second-order valence-electron chi connectivity index (χ2n) is 5.86. The monoisotopic (exact) mass is 322 g/mol. The van der Waals surface area contributed by atoms with Crippen LogP contribution >= 0.6 is 0 Å². The highest BCUT2D eigenvalue weighted by atomic mass is 16.3. The molecule has 5 nitrogen and oxygen atoms in total. The number of phenols is 2. The molecule has 0 saturated carbocycles. The van der Waals surface area contributed by atoms with Crippen LogP contribution in [0.5, 0.6) is 11.5 Å².